The summed E-state index contributed by atoms with van der Waals surface area (Å²) >= 11 is 0. The van der Waals surface area contributed by atoms with Gasteiger partial charge >= 0.3 is 6.03 Å². The van der Waals surface area contributed by atoms with E-state index in [4.69, 9.17) is 10.5 Å². The van der Waals surface area contributed by atoms with E-state index >= 15 is 0 Å². The molecule has 2 unspecified atom stereocenters. The minimum absolute atomic E-state index is 0.0592. The number of rotatable bonds is 5. The Morgan fingerprint density at radius 1 is 1.48 bits per heavy atom. The first-order valence-corrected chi connectivity index (χ1v) is 7.61. The maximum absolute atomic E-state index is 12.5. The first kappa shape index (κ1) is 15.6. The molecule has 0 radical (unpaired) electrons. The third kappa shape index (κ3) is 3.67. The highest BCUT2D eigenvalue weighted by molar-refractivity contribution is 5.89. The molecule has 0 aromatic heterocycles. The van der Waals surface area contributed by atoms with Crippen LogP contribution in [0.2, 0.25) is 0 Å². The second-order valence-electron chi connectivity index (χ2n) is 5.44. The van der Waals surface area contributed by atoms with Gasteiger partial charge in [0.15, 0.2) is 0 Å². The third-order valence-corrected chi connectivity index (χ3v) is 4.24. The highest BCUT2D eigenvalue weighted by Crippen LogP contribution is 2.29. The van der Waals surface area contributed by atoms with Gasteiger partial charge in [-0.1, -0.05) is 12.5 Å². The molecule has 1 aromatic rings. The Kier molecular flexibility index (Phi) is 5.44. The van der Waals surface area contributed by atoms with E-state index in [1.807, 2.05) is 36.1 Å². The summed E-state index contributed by atoms with van der Waals surface area (Å²) in [7, 11) is 1.61. The number of nitrogens with zero attached hydrogens (tertiary/aromatic N) is 1. The van der Waals surface area contributed by atoms with Crippen molar-refractivity contribution in [2.75, 3.05) is 25.5 Å². The quantitative estimate of drug-likeness (QED) is 0.876. The van der Waals surface area contributed by atoms with Crippen LogP contribution in [0.1, 0.15) is 26.2 Å². The van der Waals surface area contributed by atoms with Gasteiger partial charge in [0.2, 0.25) is 0 Å². The summed E-state index contributed by atoms with van der Waals surface area (Å²) in [5, 5.41) is 2.96. The fourth-order valence-corrected chi connectivity index (χ4v) is 3.13. The van der Waals surface area contributed by atoms with E-state index in [9.17, 15) is 4.79 Å². The van der Waals surface area contributed by atoms with Crippen molar-refractivity contribution < 1.29 is 9.53 Å². The SMILES string of the molecule is CCN(C(=O)Nc1cccc(OC)c1)C1CCCC1CN. The molecule has 21 heavy (non-hydrogen) atoms. The van der Waals surface area contributed by atoms with E-state index in [0.717, 1.165) is 30.7 Å². The molecule has 0 spiro atoms. The first-order chi connectivity index (χ1) is 10.2. The molecule has 2 amide bonds. The van der Waals surface area contributed by atoms with Gasteiger partial charge in [-0.2, -0.15) is 0 Å². The fraction of sp³-hybridized carbons (Fsp3) is 0.562. The van der Waals surface area contributed by atoms with E-state index in [0.29, 0.717) is 19.0 Å². The monoisotopic (exact) mass is 291 g/mol. The third-order valence-electron chi connectivity index (χ3n) is 4.24. The zero-order valence-corrected chi connectivity index (χ0v) is 12.8. The lowest BCUT2D eigenvalue weighted by Gasteiger charge is -2.32. The highest BCUT2D eigenvalue weighted by atomic mass is 16.5. The number of ether oxygens (including phenoxy) is 1. The molecule has 3 N–H and O–H groups in total. The van der Waals surface area contributed by atoms with Gasteiger partial charge in [0.05, 0.1) is 7.11 Å². The number of hydrogen-bond donors (Lipinski definition) is 2. The number of hydrogen-bond acceptors (Lipinski definition) is 3. The van der Waals surface area contributed by atoms with Crippen molar-refractivity contribution in [1.82, 2.24) is 4.90 Å². The average Bonchev–Trinajstić information content (AvgIpc) is 2.96. The maximum atomic E-state index is 12.5. The average molecular weight is 291 g/mol. The Labute approximate surface area is 126 Å². The van der Waals surface area contributed by atoms with Crippen molar-refractivity contribution in [3.05, 3.63) is 24.3 Å². The van der Waals surface area contributed by atoms with Crippen molar-refractivity contribution >= 4 is 11.7 Å². The van der Waals surface area contributed by atoms with E-state index in [-0.39, 0.29) is 12.1 Å². The fourth-order valence-electron chi connectivity index (χ4n) is 3.13. The molecule has 0 aliphatic heterocycles. The summed E-state index contributed by atoms with van der Waals surface area (Å²) in [5.74, 6) is 1.15. The minimum Gasteiger partial charge on any atom is -0.497 e. The molecular weight excluding hydrogens is 266 g/mol. The zero-order valence-electron chi connectivity index (χ0n) is 12.8. The van der Waals surface area contributed by atoms with Gasteiger partial charge < -0.3 is 20.7 Å². The van der Waals surface area contributed by atoms with Crippen molar-refractivity contribution in [2.24, 2.45) is 11.7 Å². The van der Waals surface area contributed by atoms with Crippen molar-refractivity contribution in [3.63, 3.8) is 0 Å². The summed E-state index contributed by atoms with van der Waals surface area (Å²) in [6.07, 6.45) is 3.31. The lowest BCUT2D eigenvalue weighted by molar-refractivity contribution is 0.175. The van der Waals surface area contributed by atoms with Crippen molar-refractivity contribution in [1.29, 1.82) is 0 Å². The van der Waals surface area contributed by atoms with E-state index in [1.165, 1.54) is 0 Å². The summed E-state index contributed by atoms with van der Waals surface area (Å²) < 4.78 is 5.18. The molecule has 1 fully saturated rings. The van der Waals surface area contributed by atoms with Gasteiger partial charge in [-0.15, -0.1) is 0 Å². The molecule has 0 heterocycles. The van der Waals surface area contributed by atoms with Gasteiger partial charge in [-0.05, 0) is 44.4 Å². The van der Waals surface area contributed by atoms with Crippen LogP contribution < -0.4 is 15.8 Å². The Morgan fingerprint density at radius 2 is 2.29 bits per heavy atom. The van der Waals surface area contributed by atoms with Crippen LogP contribution in [-0.2, 0) is 0 Å². The molecule has 2 atom stereocenters. The van der Waals surface area contributed by atoms with Gasteiger partial charge in [0.25, 0.3) is 0 Å². The number of nitrogens with two attached hydrogens (primary N) is 1. The topological polar surface area (TPSA) is 67.6 Å². The van der Waals surface area contributed by atoms with Crippen LogP contribution in [0, 0.1) is 5.92 Å². The number of urea groups is 1. The second kappa shape index (κ2) is 7.31. The molecule has 1 aliphatic carbocycles. The summed E-state index contributed by atoms with van der Waals surface area (Å²) in [6, 6.07) is 7.60. The van der Waals surface area contributed by atoms with Crippen molar-refractivity contribution in [2.45, 2.75) is 32.2 Å². The molecule has 0 bridgehead atoms. The van der Waals surface area contributed by atoms with Crippen LogP contribution in [0.4, 0.5) is 10.5 Å². The lowest BCUT2D eigenvalue weighted by atomic mass is 10.0. The maximum Gasteiger partial charge on any atom is 0.322 e. The summed E-state index contributed by atoms with van der Waals surface area (Å²) in [5.41, 5.74) is 6.58. The van der Waals surface area contributed by atoms with Crippen LogP contribution in [0.15, 0.2) is 24.3 Å². The Bertz CT molecular complexity index is 478. The molecule has 1 saturated carbocycles. The minimum atomic E-state index is -0.0592. The Hall–Kier alpha value is -1.75. The number of carbonyl (C=O) groups excluding carboxylic acids is 1. The van der Waals surface area contributed by atoms with Crippen LogP contribution >= 0.6 is 0 Å². The normalized spacial score (nSPS) is 21.1. The molecule has 116 valence electrons. The zero-order chi connectivity index (χ0) is 15.2. The summed E-state index contributed by atoms with van der Waals surface area (Å²) in [6.45, 7) is 3.35. The number of nitrogens with one attached hydrogen (secondary N) is 1. The standard InChI is InChI=1S/C16H25N3O2/c1-3-19(15-9-4-6-12(15)11-17)16(20)18-13-7-5-8-14(10-13)21-2/h5,7-8,10,12,15H,3-4,6,9,11,17H2,1-2H3,(H,18,20). The van der Waals surface area contributed by atoms with Crippen molar-refractivity contribution in [3.8, 4) is 5.75 Å². The number of benzene rings is 1. The molecular formula is C16H25N3O2. The first-order valence-electron chi connectivity index (χ1n) is 7.61. The lowest BCUT2D eigenvalue weighted by Crippen LogP contribution is -2.46. The van der Waals surface area contributed by atoms with Gasteiger partial charge in [-0.25, -0.2) is 4.79 Å². The highest BCUT2D eigenvalue weighted by Gasteiger charge is 2.33. The number of carbonyl (C=O) groups is 1. The predicted molar refractivity (Wildman–Crippen MR) is 84.6 cm³/mol. The van der Waals surface area contributed by atoms with Crippen LogP contribution in [0.5, 0.6) is 5.75 Å². The van der Waals surface area contributed by atoms with Crippen LogP contribution in [-0.4, -0.2) is 37.2 Å². The Balaban J connectivity index is 2.06. The largest absolute Gasteiger partial charge is 0.497 e. The van der Waals surface area contributed by atoms with Gasteiger partial charge in [0, 0.05) is 24.3 Å². The number of methoxy groups -OCH3 is 1. The van der Waals surface area contributed by atoms with E-state index in [2.05, 4.69) is 5.32 Å². The Morgan fingerprint density at radius 3 is 2.95 bits per heavy atom. The summed E-state index contributed by atoms with van der Waals surface area (Å²) in [4.78, 5) is 14.4. The van der Waals surface area contributed by atoms with E-state index in [1.54, 1.807) is 7.11 Å². The molecule has 1 aliphatic rings. The smallest absolute Gasteiger partial charge is 0.322 e. The molecule has 5 heteroatoms. The molecule has 5 nitrogen and oxygen atoms in total. The number of anilines is 1. The van der Waals surface area contributed by atoms with Crippen LogP contribution in [0.3, 0.4) is 0 Å². The predicted octanol–water partition coefficient (Wildman–Crippen LogP) is 2.68. The molecule has 1 aromatic carbocycles. The second-order valence-corrected chi connectivity index (χ2v) is 5.44. The molecule has 2 rings (SSSR count). The van der Waals surface area contributed by atoms with Gasteiger partial charge in [-0.3, -0.25) is 0 Å². The van der Waals surface area contributed by atoms with Crippen LogP contribution in [0.25, 0.3) is 0 Å². The molecule has 0 saturated heterocycles. The number of amides is 2. The van der Waals surface area contributed by atoms with E-state index < -0.39 is 0 Å². The van der Waals surface area contributed by atoms with Gasteiger partial charge in [0.1, 0.15) is 5.75 Å².